The van der Waals surface area contributed by atoms with Gasteiger partial charge in [-0.15, -0.1) is 0 Å². The molecule has 1 amide bonds. The van der Waals surface area contributed by atoms with E-state index in [1.807, 2.05) is 0 Å². The molecule has 1 aromatic rings. The van der Waals surface area contributed by atoms with Crippen LogP contribution in [0.1, 0.15) is 6.92 Å². The zero-order valence-corrected chi connectivity index (χ0v) is 9.39. The van der Waals surface area contributed by atoms with E-state index in [2.05, 4.69) is 5.32 Å². The van der Waals surface area contributed by atoms with Crippen molar-refractivity contribution in [2.24, 2.45) is 0 Å². The first-order valence-corrected chi connectivity index (χ1v) is 6.20. The van der Waals surface area contributed by atoms with Gasteiger partial charge in [0.2, 0.25) is 5.91 Å². The first-order valence-electron chi connectivity index (χ1n) is 4.28. The van der Waals surface area contributed by atoms with Crippen molar-refractivity contribution in [1.82, 2.24) is 0 Å². The maximum absolute atomic E-state index is 11.9. The van der Waals surface area contributed by atoms with E-state index in [1.165, 1.54) is 19.1 Å². The summed E-state index contributed by atoms with van der Waals surface area (Å²) in [5, 5.41) is 1.55. The third kappa shape index (κ3) is 1.42. The second-order valence-electron chi connectivity index (χ2n) is 3.29. The fourth-order valence-electron chi connectivity index (χ4n) is 1.45. The molecule has 0 saturated heterocycles. The first-order chi connectivity index (χ1) is 6.94. The third-order valence-corrected chi connectivity index (χ3v) is 4.92. The van der Waals surface area contributed by atoms with Gasteiger partial charge in [-0.1, -0.05) is 17.7 Å². The number of anilines is 1. The molecule has 15 heavy (non-hydrogen) atoms. The molecule has 0 spiro atoms. The molecular formula is C9H8ClNO3S. The lowest BCUT2D eigenvalue weighted by Gasteiger charge is -2.22. The van der Waals surface area contributed by atoms with Gasteiger partial charge in [-0.05, 0) is 19.1 Å². The lowest BCUT2D eigenvalue weighted by molar-refractivity contribution is -0.115. The Morgan fingerprint density at radius 1 is 1.40 bits per heavy atom. The molecule has 1 heterocycles. The summed E-state index contributed by atoms with van der Waals surface area (Å²) in [6.45, 7) is 1.34. The quantitative estimate of drug-likeness (QED) is 0.753. The number of amides is 1. The van der Waals surface area contributed by atoms with Crippen molar-refractivity contribution in [2.45, 2.75) is 17.1 Å². The van der Waals surface area contributed by atoms with Crippen LogP contribution >= 0.6 is 11.6 Å². The Morgan fingerprint density at radius 3 is 2.73 bits per heavy atom. The molecule has 0 fully saturated rings. The van der Waals surface area contributed by atoms with Crippen LogP contribution in [0.4, 0.5) is 5.69 Å². The number of rotatable bonds is 0. The Hall–Kier alpha value is -1.07. The first kappa shape index (κ1) is 10.4. The fourth-order valence-corrected chi connectivity index (χ4v) is 3.41. The molecule has 1 aromatic carbocycles. The zero-order valence-electron chi connectivity index (χ0n) is 7.82. The normalized spacial score (nSPS) is 23.1. The van der Waals surface area contributed by atoms with Crippen LogP contribution in [0, 0.1) is 0 Å². The lowest BCUT2D eigenvalue weighted by Crippen LogP contribution is -2.37. The van der Waals surface area contributed by atoms with Crippen molar-refractivity contribution in [1.29, 1.82) is 0 Å². The third-order valence-electron chi connectivity index (χ3n) is 2.34. The van der Waals surface area contributed by atoms with Crippen LogP contribution in [0.15, 0.2) is 23.1 Å². The Kier molecular flexibility index (Phi) is 2.24. The van der Waals surface area contributed by atoms with Crippen LogP contribution in [-0.4, -0.2) is 19.6 Å². The second kappa shape index (κ2) is 3.21. The van der Waals surface area contributed by atoms with Crippen LogP contribution in [0.5, 0.6) is 0 Å². The number of carbonyl (C=O) groups is 1. The number of benzene rings is 1. The number of hydrogen-bond donors (Lipinski definition) is 1. The summed E-state index contributed by atoms with van der Waals surface area (Å²) in [6.07, 6.45) is 0. The maximum Gasteiger partial charge on any atom is 0.242 e. The van der Waals surface area contributed by atoms with E-state index in [9.17, 15) is 13.2 Å². The van der Waals surface area contributed by atoms with Crippen LogP contribution in [-0.2, 0) is 14.6 Å². The number of halogens is 1. The molecule has 4 nitrogen and oxygen atoms in total. The molecular weight excluding hydrogens is 238 g/mol. The lowest BCUT2D eigenvalue weighted by atomic mass is 10.3. The molecule has 0 radical (unpaired) electrons. The van der Waals surface area contributed by atoms with Crippen molar-refractivity contribution in [3.63, 3.8) is 0 Å². The largest absolute Gasteiger partial charge is 0.324 e. The van der Waals surface area contributed by atoms with Crippen molar-refractivity contribution >= 4 is 33.0 Å². The molecule has 0 aromatic heterocycles. The second-order valence-corrected chi connectivity index (χ2v) is 5.91. The number of sulfone groups is 1. The average Bonchev–Trinajstić information content (AvgIpc) is 2.14. The Bertz CT molecular complexity index is 538. The summed E-state index contributed by atoms with van der Waals surface area (Å²) in [4.78, 5) is 11.4. The van der Waals surface area contributed by atoms with Crippen LogP contribution in [0.2, 0.25) is 5.02 Å². The molecule has 0 aliphatic carbocycles. The number of nitrogens with one attached hydrogen (secondary N) is 1. The fraction of sp³-hybridized carbons (Fsp3) is 0.222. The van der Waals surface area contributed by atoms with E-state index >= 15 is 0 Å². The Labute approximate surface area is 92.2 Å². The smallest absolute Gasteiger partial charge is 0.242 e. The molecule has 1 aliphatic heterocycles. The highest BCUT2D eigenvalue weighted by Crippen LogP contribution is 2.35. The highest BCUT2D eigenvalue weighted by atomic mass is 35.5. The molecule has 1 unspecified atom stereocenters. The van der Waals surface area contributed by atoms with E-state index < -0.39 is 21.0 Å². The number of carbonyl (C=O) groups excluding carboxylic acids is 1. The van der Waals surface area contributed by atoms with E-state index in [0.717, 1.165) is 0 Å². The standard InChI is InChI=1S/C9H8ClNO3S/c1-5-9(12)11-7-4-2-3-6(10)8(7)15(5,13)14/h2-5H,1H3,(H,11,12). The van der Waals surface area contributed by atoms with Gasteiger partial charge in [-0.3, -0.25) is 4.79 Å². The van der Waals surface area contributed by atoms with Gasteiger partial charge in [-0.2, -0.15) is 0 Å². The van der Waals surface area contributed by atoms with Crippen LogP contribution < -0.4 is 5.32 Å². The summed E-state index contributed by atoms with van der Waals surface area (Å²) in [7, 11) is -3.64. The summed E-state index contributed by atoms with van der Waals surface area (Å²) in [5.41, 5.74) is 0.255. The van der Waals surface area contributed by atoms with Gasteiger partial charge in [0.25, 0.3) is 0 Å². The van der Waals surface area contributed by atoms with Gasteiger partial charge in [-0.25, -0.2) is 8.42 Å². The minimum atomic E-state index is -3.64. The molecule has 6 heteroatoms. The van der Waals surface area contributed by atoms with Crippen molar-refractivity contribution < 1.29 is 13.2 Å². The minimum Gasteiger partial charge on any atom is -0.324 e. The van der Waals surface area contributed by atoms with Gasteiger partial charge in [0.1, 0.15) is 10.1 Å². The molecule has 1 aliphatic rings. The highest BCUT2D eigenvalue weighted by molar-refractivity contribution is 7.93. The van der Waals surface area contributed by atoms with Crippen molar-refractivity contribution in [3.05, 3.63) is 23.2 Å². The number of fused-ring (bicyclic) bond motifs is 1. The van der Waals surface area contributed by atoms with Gasteiger partial charge in [0.05, 0.1) is 10.7 Å². The number of hydrogen-bond acceptors (Lipinski definition) is 3. The van der Waals surface area contributed by atoms with Crippen molar-refractivity contribution in [3.8, 4) is 0 Å². The molecule has 1 atom stereocenters. The molecule has 2 rings (SSSR count). The van der Waals surface area contributed by atoms with Gasteiger partial charge < -0.3 is 5.32 Å². The maximum atomic E-state index is 11.9. The summed E-state index contributed by atoms with van der Waals surface area (Å²) < 4.78 is 23.8. The Morgan fingerprint density at radius 2 is 2.07 bits per heavy atom. The average molecular weight is 246 g/mol. The molecule has 0 bridgehead atoms. The SMILES string of the molecule is CC1C(=O)Nc2cccc(Cl)c2S1(=O)=O. The topological polar surface area (TPSA) is 63.2 Å². The molecule has 0 saturated carbocycles. The monoisotopic (exact) mass is 245 g/mol. The van der Waals surface area contributed by atoms with E-state index in [1.54, 1.807) is 6.07 Å². The summed E-state index contributed by atoms with van der Waals surface area (Å²) in [5.74, 6) is -0.523. The predicted octanol–water partition coefficient (Wildman–Crippen LogP) is 1.45. The minimum absolute atomic E-state index is 0.0127. The van der Waals surface area contributed by atoms with Gasteiger partial charge in [0.15, 0.2) is 9.84 Å². The summed E-state index contributed by atoms with van der Waals surface area (Å²) in [6, 6.07) is 4.59. The molecule has 80 valence electrons. The van der Waals surface area contributed by atoms with E-state index in [0.29, 0.717) is 0 Å². The van der Waals surface area contributed by atoms with Crippen molar-refractivity contribution in [2.75, 3.05) is 5.32 Å². The van der Waals surface area contributed by atoms with Gasteiger partial charge >= 0.3 is 0 Å². The highest BCUT2D eigenvalue weighted by Gasteiger charge is 2.38. The van der Waals surface area contributed by atoms with Crippen LogP contribution in [0.3, 0.4) is 0 Å². The Balaban J connectivity index is 2.79. The summed E-state index contributed by atoms with van der Waals surface area (Å²) >= 11 is 5.81. The van der Waals surface area contributed by atoms with E-state index in [-0.39, 0.29) is 15.6 Å². The predicted molar refractivity (Wildman–Crippen MR) is 56.7 cm³/mol. The molecule has 1 N–H and O–H groups in total. The van der Waals surface area contributed by atoms with E-state index in [4.69, 9.17) is 11.6 Å². The van der Waals surface area contributed by atoms with Gasteiger partial charge in [0, 0.05) is 0 Å². The zero-order chi connectivity index (χ0) is 11.2. The van der Waals surface area contributed by atoms with Crippen LogP contribution in [0.25, 0.3) is 0 Å².